The summed E-state index contributed by atoms with van der Waals surface area (Å²) < 4.78 is 0. The topological polar surface area (TPSA) is 49.4 Å². The monoisotopic (exact) mass is 374 g/mol. The Hall–Kier alpha value is -1.98. The Morgan fingerprint density at radius 3 is 2.68 bits per heavy atom. The number of anilines is 1. The van der Waals surface area contributed by atoms with E-state index in [0.717, 1.165) is 22.8 Å². The number of thioether (sulfide) groups is 1. The second kappa shape index (κ2) is 8.41. The number of hydrogen-bond acceptors (Lipinski definition) is 3. The summed E-state index contributed by atoms with van der Waals surface area (Å²) in [4.78, 5) is 27.7. The van der Waals surface area contributed by atoms with Crippen LogP contribution in [-0.2, 0) is 4.79 Å². The zero-order valence-corrected chi connectivity index (χ0v) is 15.3. The van der Waals surface area contributed by atoms with Crippen LogP contribution in [0.5, 0.6) is 0 Å². The Balaban J connectivity index is 1.57. The van der Waals surface area contributed by atoms with Gasteiger partial charge in [0.2, 0.25) is 5.91 Å². The normalized spacial score (nSPS) is 13.7. The highest BCUT2D eigenvalue weighted by atomic mass is 35.5. The van der Waals surface area contributed by atoms with Gasteiger partial charge in [-0.3, -0.25) is 9.59 Å². The van der Waals surface area contributed by atoms with E-state index in [9.17, 15) is 9.59 Å². The van der Waals surface area contributed by atoms with E-state index in [0.29, 0.717) is 23.7 Å². The molecule has 0 unspecified atom stereocenters. The van der Waals surface area contributed by atoms with Gasteiger partial charge in [-0.2, -0.15) is 0 Å². The zero-order valence-electron chi connectivity index (χ0n) is 13.7. The molecule has 0 spiro atoms. The lowest BCUT2D eigenvalue weighted by Crippen LogP contribution is -2.35. The van der Waals surface area contributed by atoms with Crippen molar-refractivity contribution in [2.45, 2.75) is 17.7 Å². The molecular weight excluding hydrogens is 356 g/mol. The Labute approximate surface area is 156 Å². The summed E-state index contributed by atoms with van der Waals surface area (Å²) >= 11 is 7.60. The molecule has 0 aromatic heterocycles. The molecule has 2 amide bonds. The molecule has 0 saturated heterocycles. The minimum absolute atomic E-state index is 0.0337. The van der Waals surface area contributed by atoms with Gasteiger partial charge < -0.3 is 10.2 Å². The molecule has 0 fully saturated rings. The van der Waals surface area contributed by atoms with Crippen LogP contribution in [0.15, 0.2) is 53.4 Å². The summed E-state index contributed by atoms with van der Waals surface area (Å²) in [5.74, 6) is 0.844. The van der Waals surface area contributed by atoms with Crippen LogP contribution in [0.1, 0.15) is 23.2 Å². The van der Waals surface area contributed by atoms with Gasteiger partial charge in [0.25, 0.3) is 5.91 Å². The van der Waals surface area contributed by atoms with Crippen LogP contribution in [0.3, 0.4) is 0 Å². The molecule has 1 heterocycles. The molecule has 0 saturated carbocycles. The number of nitrogens with zero attached hydrogens (tertiary/aromatic N) is 1. The van der Waals surface area contributed by atoms with Crippen molar-refractivity contribution in [3.63, 3.8) is 0 Å². The third-order valence-electron chi connectivity index (χ3n) is 3.97. The van der Waals surface area contributed by atoms with E-state index >= 15 is 0 Å². The number of nitrogens with one attached hydrogen (secondary N) is 1. The first kappa shape index (κ1) is 17.8. The summed E-state index contributed by atoms with van der Waals surface area (Å²) in [6.07, 6.45) is 1.24. The first-order chi connectivity index (χ1) is 12.1. The molecule has 0 atom stereocenters. The summed E-state index contributed by atoms with van der Waals surface area (Å²) in [6, 6.07) is 14.7. The van der Waals surface area contributed by atoms with E-state index in [1.54, 1.807) is 36.0 Å². The van der Waals surface area contributed by atoms with Crippen molar-refractivity contribution in [1.29, 1.82) is 0 Å². The van der Waals surface area contributed by atoms with Gasteiger partial charge in [0, 0.05) is 35.0 Å². The van der Waals surface area contributed by atoms with Crippen molar-refractivity contribution in [3.8, 4) is 0 Å². The maximum absolute atomic E-state index is 12.6. The maximum Gasteiger partial charge on any atom is 0.251 e. The summed E-state index contributed by atoms with van der Waals surface area (Å²) in [5.41, 5.74) is 1.51. The molecule has 3 rings (SSSR count). The molecule has 130 valence electrons. The lowest BCUT2D eigenvalue weighted by atomic mass is 10.2. The van der Waals surface area contributed by atoms with Crippen LogP contribution in [0.25, 0.3) is 0 Å². The molecule has 25 heavy (non-hydrogen) atoms. The lowest BCUT2D eigenvalue weighted by molar-refractivity contribution is -0.118. The number of hydrogen-bond donors (Lipinski definition) is 1. The average molecular weight is 375 g/mol. The summed E-state index contributed by atoms with van der Waals surface area (Å²) in [7, 11) is 0. The quantitative estimate of drug-likeness (QED) is 0.880. The Kier molecular flexibility index (Phi) is 6.00. The fraction of sp³-hybridized carbons (Fsp3) is 0.263. The van der Waals surface area contributed by atoms with E-state index in [4.69, 9.17) is 11.6 Å². The Morgan fingerprint density at radius 2 is 1.88 bits per heavy atom. The van der Waals surface area contributed by atoms with Crippen molar-refractivity contribution in [2.75, 3.05) is 23.7 Å². The number of amides is 2. The van der Waals surface area contributed by atoms with E-state index in [-0.39, 0.29) is 18.2 Å². The Morgan fingerprint density at radius 1 is 1.12 bits per heavy atom. The van der Waals surface area contributed by atoms with Gasteiger partial charge in [-0.1, -0.05) is 23.7 Å². The maximum atomic E-state index is 12.6. The van der Waals surface area contributed by atoms with Gasteiger partial charge in [0.05, 0.1) is 5.69 Å². The van der Waals surface area contributed by atoms with Crippen LogP contribution in [-0.4, -0.2) is 30.7 Å². The number of carbonyl (C=O) groups excluding carboxylic acids is 2. The third kappa shape index (κ3) is 4.55. The largest absolute Gasteiger partial charge is 0.352 e. The smallest absolute Gasteiger partial charge is 0.251 e. The van der Waals surface area contributed by atoms with E-state index in [1.807, 2.05) is 29.2 Å². The molecule has 2 aromatic rings. The number of benzene rings is 2. The van der Waals surface area contributed by atoms with Crippen molar-refractivity contribution in [2.24, 2.45) is 0 Å². The van der Waals surface area contributed by atoms with Crippen LogP contribution in [0, 0.1) is 0 Å². The van der Waals surface area contributed by atoms with Gasteiger partial charge in [-0.05, 0) is 48.6 Å². The molecule has 1 aliphatic heterocycles. The van der Waals surface area contributed by atoms with Crippen molar-refractivity contribution in [1.82, 2.24) is 5.32 Å². The third-order valence-corrected chi connectivity index (χ3v) is 5.37. The highest BCUT2D eigenvalue weighted by Gasteiger charge is 2.21. The molecular formula is C19H19ClN2O2S. The second-order valence-electron chi connectivity index (χ2n) is 5.73. The molecule has 1 aliphatic rings. The molecule has 1 N–H and O–H groups in total. The zero-order chi connectivity index (χ0) is 17.6. The SMILES string of the molecule is O=C(NCCC(=O)N1CCCSc2ccccc21)c1ccc(Cl)cc1. The molecule has 6 heteroatoms. The van der Waals surface area contributed by atoms with Gasteiger partial charge >= 0.3 is 0 Å². The standard InChI is InChI=1S/C19H19ClN2O2S/c20-15-8-6-14(7-9-15)19(24)21-11-10-18(23)22-12-3-13-25-17-5-2-1-4-16(17)22/h1-2,4-9H,3,10-13H2,(H,21,24). The van der Waals surface area contributed by atoms with Crippen molar-refractivity contribution < 1.29 is 9.59 Å². The summed E-state index contributed by atoms with van der Waals surface area (Å²) in [5, 5.41) is 3.38. The Bertz CT molecular complexity index is 764. The highest BCUT2D eigenvalue weighted by molar-refractivity contribution is 7.99. The van der Waals surface area contributed by atoms with Crippen LogP contribution in [0.2, 0.25) is 5.02 Å². The van der Waals surface area contributed by atoms with Gasteiger partial charge in [0.15, 0.2) is 0 Å². The first-order valence-corrected chi connectivity index (χ1v) is 9.57. The number of para-hydroxylation sites is 1. The number of rotatable bonds is 4. The molecule has 0 aliphatic carbocycles. The predicted molar refractivity (Wildman–Crippen MR) is 103 cm³/mol. The molecule has 4 nitrogen and oxygen atoms in total. The number of carbonyl (C=O) groups is 2. The van der Waals surface area contributed by atoms with Crippen molar-refractivity contribution >= 4 is 40.9 Å². The minimum Gasteiger partial charge on any atom is -0.352 e. The number of fused-ring (bicyclic) bond motifs is 1. The van der Waals surface area contributed by atoms with Gasteiger partial charge in [0.1, 0.15) is 0 Å². The van der Waals surface area contributed by atoms with Crippen LogP contribution < -0.4 is 10.2 Å². The van der Waals surface area contributed by atoms with E-state index in [1.165, 1.54) is 0 Å². The fourth-order valence-electron chi connectivity index (χ4n) is 2.71. The minimum atomic E-state index is -0.198. The summed E-state index contributed by atoms with van der Waals surface area (Å²) in [6.45, 7) is 1.03. The highest BCUT2D eigenvalue weighted by Crippen LogP contribution is 2.33. The first-order valence-electron chi connectivity index (χ1n) is 8.21. The molecule has 0 bridgehead atoms. The predicted octanol–water partition coefficient (Wildman–Crippen LogP) is 3.99. The van der Waals surface area contributed by atoms with Gasteiger partial charge in [-0.25, -0.2) is 0 Å². The van der Waals surface area contributed by atoms with Crippen molar-refractivity contribution in [3.05, 3.63) is 59.1 Å². The fourth-order valence-corrected chi connectivity index (χ4v) is 3.83. The van der Waals surface area contributed by atoms with Gasteiger partial charge in [-0.15, -0.1) is 11.8 Å². The average Bonchev–Trinajstić information content (AvgIpc) is 2.84. The molecule has 2 aromatic carbocycles. The number of halogens is 1. The van der Waals surface area contributed by atoms with E-state index in [2.05, 4.69) is 5.32 Å². The van der Waals surface area contributed by atoms with Crippen LogP contribution >= 0.6 is 23.4 Å². The van der Waals surface area contributed by atoms with E-state index < -0.39 is 0 Å². The second-order valence-corrected chi connectivity index (χ2v) is 7.30. The molecule has 0 radical (unpaired) electrons. The van der Waals surface area contributed by atoms with Crippen LogP contribution in [0.4, 0.5) is 5.69 Å². The lowest BCUT2D eigenvalue weighted by Gasteiger charge is -2.22.